The summed E-state index contributed by atoms with van der Waals surface area (Å²) >= 11 is 0.424. The zero-order valence-electron chi connectivity index (χ0n) is 6.72. The molecule has 0 spiro atoms. The molecule has 0 saturated carbocycles. The molecular weight excluding hydrogens is 187 g/mol. The number of aryl methyl sites for hydroxylation is 1. The van der Waals surface area contributed by atoms with Crippen molar-refractivity contribution in [2.75, 3.05) is 0 Å². The van der Waals surface area contributed by atoms with E-state index < -0.39 is 0 Å². The molecule has 0 aliphatic carbocycles. The van der Waals surface area contributed by atoms with Crippen LogP contribution in [0.4, 0.5) is 0 Å². The average Bonchev–Trinajstić information content (AvgIpc) is 2.30. The fourth-order valence-electron chi connectivity index (χ4n) is 1.04. The molecule has 0 bridgehead atoms. The van der Waals surface area contributed by atoms with Gasteiger partial charge in [0.25, 0.3) is 0 Å². The number of benzene rings is 1. The van der Waals surface area contributed by atoms with Gasteiger partial charge >= 0.3 is 67.2 Å². The van der Waals surface area contributed by atoms with E-state index in [1.54, 1.807) is 0 Å². The third kappa shape index (κ3) is 0.920. The topological polar surface area (TPSA) is 0 Å². The molecule has 50 valence electrons. The Kier molecular flexibility index (Phi) is 1.17. The zero-order chi connectivity index (χ0) is 7.84. The van der Waals surface area contributed by atoms with Crippen LogP contribution in [-0.2, 0) is 0 Å². The van der Waals surface area contributed by atoms with Crippen LogP contribution in [-0.4, -0.2) is 14.5 Å². The Morgan fingerprint density at radius 2 is 2.20 bits per heavy atom. The van der Waals surface area contributed by atoms with Crippen LogP contribution in [0.25, 0.3) is 9.65 Å². The van der Waals surface area contributed by atoms with Crippen molar-refractivity contribution in [2.45, 2.75) is 6.92 Å². The summed E-state index contributed by atoms with van der Waals surface area (Å²) < 4.78 is 10.3. The Labute approximate surface area is 67.6 Å². The van der Waals surface area contributed by atoms with Gasteiger partial charge in [-0.3, -0.25) is 0 Å². The second-order valence-corrected chi connectivity index (χ2v) is 4.92. The third-order valence-electron chi connectivity index (χ3n) is 1.46. The molecule has 0 saturated heterocycles. The van der Waals surface area contributed by atoms with Gasteiger partial charge in [0, 0.05) is 0 Å². The van der Waals surface area contributed by atoms with Crippen LogP contribution in [0.5, 0.6) is 0 Å². The number of rotatable bonds is 0. The van der Waals surface area contributed by atoms with Crippen molar-refractivity contribution in [3.8, 4) is 0 Å². The molecule has 2 aromatic rings. The van der Waals surface area contributed by atoms with Gasteiger partial charge in [0.05, 0.1) is 0 Å². The van der Waals surface area contributed by atoms with Gasteiger partial charge in [-0.25, -0.2) is 0 Å². The van der Waals surface area contributed by atoms with E-state index >= 15 is 0 Å². The van der Waals surface area contributed by atoms with Crippen molar-refractivity contribution in [1.29, 1.82) is 0 Å². The van der Waals surface area contributed by atoms with Crippen molar-refractivity contribution < 1.29 is 1.37 Å². The standard InChI is InChI=1S/C9H8Se/c1-7-6-8-4-2-3-5-9(8)10-7/h2-6H,1H3/i6D. The van der Waals surface area contributed by atoms with Crippen LogP contribution in [0, 0.1) is 6.92 Å². The second kappa shape index (κ2) is 2.26. The van der Waals surface area contributed by atoms with Crippen molar-refractivity contribution in [2.24, 2.45) is 0 Å². The molecule has 0 fully saturated rings. The molecule has 1 heterocycles. The maximum absolute atomic E-state index is 7.72. The van der Waals surface area contributed by atoms with Crippen LogP contribution in [0.15, 0.2) is 30.3 Å². The van der Waals surface area contributed by atoms with Crippen LogP contribution < -0.4 is 0 Å². The average molecular weight is 196 g/mol. The minimum absolute atomic E-state index is 0.424. The van der Waals surface area contributed by atoms with Crippen LogP contribution in [0.3, 0.4) is 0 Å². The number of hydrogen-bond donors (Lipinski definition) is 0. The zero-order valence-corrected chi connectivity index (χ0v) is 7.43. The van der Waals surface area contributed by atoms with Gasteiger partial charge in [-0.2, -0.15) is 0 Å². The van der Waals surface area contributed by atoms with Gasteiger partial charge in [0.15, 0.2) is 0 Å². The summed E-state index contributed by atoms with van der Waals surface area (Å²) in [6.45, 7) is 2.06. The van der Waals surface area contributed by atoms with Gasteiger partial charge in [-0.1, -0.05) is 0 Å². The number of hydrogen-bond acceptors (Lipinski definition) is 0. The SMILES string of the molecule is [2H]c1c(C)[se]c2ccccc12. The van der Waals surface area contributed by atoms with E-state index in [-0.39, 0.29) is 0 Å². The predicted molar refractivity (Wildman–Crippen MR) is 45.6 cm³/mol. The van der Waals surface area contributed by atoms with Gasteiger partial charge in [-0.15, -0.1) is 0 Å². The van der Waals surface area contributed by atoms with Crippen LogP contribution in [0.2, 0.25) is 0 Å². The summed E-state index contributed by atoms with van der Waals surface area (Å²) in [7, 11) is 0. The first-order valence-electron chi connectivity index (χ1n) is 3.74. The van der Waals surface area contributed by atoms with E-state index in [0.29, 0.717) is 14.5 Å². The summed E-state index contributed by atoms with van der Waals surface area (Å²) in [4.78, 5) is 0. The molecule has 0 amide bonds. The van der Waals surface area contributed by atoms with E-state index in [9.17, 15) is 0 Å². The summed E-state index contributed by atoms with van der Waals surface area (Å²) in [6.07, 6.45) is 0. The molecule has 0 N–H and O–H groups in total. The fraction of sp³-hybridized carbons (Fsp3) is 0.111. The molecule has 0 nitrogen and oxygen atoms in total. The maximum atomic E-state index is 7.72. The molecule has 1 aromatic heterocycles. The van der Waals surface area contributed by atoms with Crippen molar-refractivity contribution in [3.63, 3.8) is 0 Å². The Morgan fingerprint density at radius 3 is 3.00 bits per heavy atom. The van der Waals surface area contributed by atoms with E-state index in [0.717, 1.165) is 11.4 Å². The van der Waals surface area contributed by atoms with E-state index in [1.807, 2.05) is 18.2 Å². The van der Waals surface area contributed by atoms with Gasteiger partial charge in [0.1, 0.15) is 0 Å². The van der Waals surface area contributed by atoms with E-state index in [4.69, 9.17) is 1.37 Å². The van der Waals surface area contributed by atoms with Gasteiger partial charge in [-0.05, 0) is 0 Å². The first-order valence-corrected chi connectivity index (χ1v) is 4.95. The summed E-state index contributed by atoms with van der Waals surface area (Å²) in [5.41, 5.74) is 0. The molecule has 1 aromatic carbocycles. The van der Waals surface area contributed by atoms with Crippen molar-refractivity contribution in [1.82, 2.24) is 0 Å². The van der Waals surface area contributed by atoms with E-state index in [1.165, 1.54) is 8.70 Å². The Hall–Kier alpha value is -0.521. The van der Waals surface area contributed by atoms with Gasteiger partial charge in [0.2, 0.25) is 0 Å². The molecule has 0 aliphatic heterocycles. The molecule has 0 atom stereocenters. The summed E-state index contributed by atoms with van der Waals surface area (Å²) in [6, 6.07) is 8.96. The molecular formula is C9H8Se. The minimum atomic E-state index is 0.424. The molecule has 1 heteroatoms. The Balaban J connectivity index is 2.92. The molecule has 0 radical (unpaired) electrons. The molecule has 0 aliphatic rings. The first kappa shape index (κ1) is 5.17. The summed E-state index contributed by atoms with van der Waals surface area (Å²) in [5, 5.41) is 1.14. The molecule has 10 heavy (non-hydrogen) atoms. The summed E-state index contributed by atoms with van der Waals surface area (Å²) in [5.74, 6) is 0. The molecule has 0 unspecified atom stereocenters. The van der Waals surface area contributed by atoms with E-state index in [2.05, 4.69) is 13.0 Å². The fourth-order valence-corrected chi connectivity index (χ4v) is 2.86. The normalized spacial score (nSPS) is 11.9. The van der Waals surface area contributed by atoms with Crippen LogP contribution >= 0.6 is 0 Å². The van der Waals surface area contributed by atoms with Crippen molar-refractivity contribution in [3.05, 3.63) is 34.7 Å². The third-order valence-corrected chi connectivity index (χ3v) is 3.53. The second-order valence-electron chi connectivity index (χ2n) is 2.28. The Bertz CT molecular complexity index is 389. The monoisotopic (exact) mass is 197 g/mol. The van der Waals surface area contributed by atoms with Crippen molar-refractivity contribution >= 4 is 24.1 Å². The predicted octanol–water partition coefficient (Wildman–Crippen LogP) is 2.21. The Morgan fingerprint density at radius 1 is 1.40 bits per heavy atom. The quantitative estimate of drug-likeness (QED) is 0.566. The molecule has 2 rings (SSSR count). The number of fused-ring (bicyclic) bond motifs is 1. The van der Waals surface area contributed by atoms with Crippen LogP contribution in [0.1, 0.15) is 5.81 Å². The first-order chi connectivity index (χ1) is 5.29. The van der Waals surface area contributed by atoms with Gasteiger partial charge < -0.3 is 0 Å².